The van der Waals surface area contributed by atoms with Gasteiger partial charge in [-0.05, 0) is 38.5 Å². The van der Waals surface area contributed by atoms with Crippen molar-refractivity contribution in [2.45, 2.75) is 53.0 Å². The summed E-state index contributed by atoms with van der Waals surface area (Å²) < 4.78 is 3.87. The summed E-state index contributed by atoms with van der Waals surface area (Å²) in [7, 11) is 0. The summed E-state index contributed by atoms with van der Waals surface area (Å²) in [6, 6.07) is 5.99. The van der Waals surface area contributed by atoms with Gasteiger partial charge in [0.15, 0.2) is 11.5 Å². The van der Waals surface area contributed by atoms with Crippen molar-refractivity contribution in [3.63, 3.8) is 0 Å². The van der Waals surface area contributed by atoms with Crippen molar-refractivity contribution in [1.29, 1.82) is 0 Å². The zero-order chi connectivity index (χ0) is 17.3. The molecule has 0 saturated heterocycles. The van der Waals surface area contributed by atoms with E-state index in [-0.39, 0.29) is 5.41 Å². The van der Waals surface area contributed by atoms with Crippen molar-refractivity contribution in [2.75, 3.05) is 11.9 Å². The summed E-state index contributed by atoms with van der Waals surface area (Å²) in [5, 5.41) is 20.9. The lowest BCUT2D eigenvalue weighted by molar-refractivity contribution is 0.527. The van der Waals surface area contributed by atoms with Gasteiger partial charge in [0.05, 0.1) is 5.69 Å². The van der Waals surface area contributed by atoms with Crippen LogP contribution in [0.15, 0.2) is 18.2 Å². The number of hydrogen-bond donors (Lipinski definition) is 1. The van der Waals surface area contributed by atoms with E-state index in [1.807, 2.05) is 28.3 Å². The molecule has 0 saturated carbocycles. The molecule has 0 amide bonds. The van der Waals surface area contributed by atoms with Crippen molar-refractivity contribution in [3.05, 3.63) is 35.4 Å². The lowest BCUT2D eigenvalue weighted by atomic mass is 9.96. The fourth-order valence-electron chi connectivity index (χ4n) is 2.70. The molecule has 0 aliphatic heterocycles. The molecule has 128 valence electrons. The van der Waals surface area contributed by atoms with Gasteiger partial charge in [0.25, 0.3) is 0 Å². The molecule has 0 aromatic carbocycles. The highest BCUT2D eigenvalue weighted by molar-refractivity contribution is 5.44. The van der Waals surface area contributed by atoms with Crippen molar-refractivity contribution in [2.24, 2.45) is 0 Å². The topological polar surface area (TPSA) is 72.9 Å². The van der Waals surface area contributed by atoms with E-state index in [1.54, 1.807) is 0 Å². The molecule has 0 unspecified atom stereocenters. The van der Waals surface area contributed by atoms with Crippen LogP contribution in [0.1, 0.15) is 44.4 Å². The second kappa shape index (κ2) is 6.22. The normalized spacial score (nSPS) is 12.0. The Bertz CT molecular complexity index is 838. The van der Waals surface area contributed by atoms with Crippen molar-refractivity contribution >= 4 is 11.5 Å². The van der Waals surface area contributed by atoms with Gasteiger partial charge < -0.3 is 5.32 Å². The molecule has 3 heterocycles. The Balaban J connectivity index is 1.64. The van der Waals surface area contributed by atoms with Crippen LogP contribution in [0.25, 0.3) is 5.65 Å². The minimum atomic E-state index is -0.0967. The van der Waals surface area contributed by atoms with Crippen molar-refractivity contribution in [1.82, 2.24) is 29.6 Å². The summed E-state index contributed by atoms with van der Waals surface area (Å²) in [6.45, 7) is 12.2. The lowest BCUT2D eigenvalue weighted by Gasteiger charge is -2.15. The molecule has 1 N–H and O–H groups in total. The van der Waals surface area contributed by atoms with Gasteiger partial charge in [-0.2, -0.15) is 9.61 Å². The molecule has 7 nitrogen and oxygen atoms in total. The molecule has 7 heteroatoms. The maximum Gasteiger partial charge on any atom is 0.178 e. The fourth-order valence-corrected chi connectivity index (χ4v) is 2.70. The van der Waals surface area contributed by atoms with Crippen LogP contribution >= 0.6 is 0 Å². The number of aromatic nitrogens is 6. The monoisotopic (exact) mass is 327 g/mol. The maximum absolute atomic E-state index is 4.63. The van der Waals surface area contributed by atoms with Crippen LogP contribution in [0, 0.1) is 13.8 Å². The average Bonchev–Trinajstić information content (AvgIpc) is 3.06. The van der Waals surface area contributed by atoms with Crippen molar-refractivity contribution < 1.29 is 0 Å². The second-order valence-corrected chi connectivity index (χ2v) is 7.19. The highest BCUT2D eigenvalue weighted by atomic mass is 15.4. The van der Waals surface area contributed by atoms with Crippen molar-refractivity contribution in [3.8, 4) is 0 Å². The molecule has 0 fully saturated rings. The summed E-state index contributed by atoms with van der Waals surface area (Å²) in [5.74, 6) is 1.70. The lowest BCUT2D eigenvalue weighted by Crippen LogP contribution is -2.18. The first-order valence-electron chi connectivity index (χ1n) is 8.32. The average molecular weight is 327 g/mol. The number of hydrogen-bond acceptors (Lipinski definition) is 5. The third-order valence-corrected chi connectivity index (χ3v) is 3.89. The SMILES string of the molecule is Cc1cc(C)n(CCCNc2ccc3nnc(C(C)(C)C)n3n2)n1. The standard InChI is InChI=1S/C17H25N7/c1-12-11-13(2)23(21-12)10-6-9-18-14-7-8-15-19-20-16(17(3,4)5)24(15)22-14/h7-8,11H,6,9-10H2,1-5H3,(H,18,22). The van der Waals surface area contributed by atoms with E-state index in [2.05, 4.69) is 59.5 Å². The van der Waals surface area contributed by atoms with E-state index in [4.69, 9.17) is 0 Å². The van der Waals surface area contributed by atoms with Gasteiger partial charge in [0, 0.05) is 24.2 Å². The van der Waals surface area contributed by atoms with Crippen LogP contribution in [0.2, 0.25) is 0 Å². The van der Waals surface area contributed by atoms with Gasteiger partial charge in [0.1, 0.15) is 5.82 Å². The zero-order valence-electron chi connectivity index (χ0n) is 15.0. The van der Waals surface area contributed by atoms with Gasteiger partial charge in [0.2, 0.25) is 0 Å². The summed E-state index contributed by atoms with van der Waals surface area (Å²) >= 11 is 0. The molecule has 3 rings (SSSR count). The Kier molecular flexibility index (Phi) is 4.26. The zero-order valence-corrected chi connectivity index (χ0v) is 15.0. The van der Waals surface area contributed by atoms with Gasteiger partial charge in [-0.25, -0.2) is 0 Å². The number of rotatable bonds is 5. The highest BCUT2D eigenvalue weighted by Gasteiger charge is 2.21. The Morgan fingerprint density at radius 2 is 1.88 bits per heavy atom. The van der Waals surface area contributed by atoms with Gasteiger partial charge in [-0.3, -0.25) is 4.68 Å². The molecule has 3 aromatic heterocycles. The van der Waals surface area contributed by atoms with Gasteiger partial charge >= 0.3 is 0 Å². The summed E-state index contributed by atoms with van der Waals surface area (Å²) in [4.78, 5) is 0. The van der Waals surface area contributed by atoms with Crippen LogP contribution in [0.5, 0.6) is 0 Å². The molecular formula is C17H25N7. The first-order chi connectivity index (χ1) is 11.3. The van der Waals surface area contributed by atoms with E-state index < -0.39 is 0 Å². The highest BCUT2D eigenvalue weighted by Crippen LogP contribution is 2.20. The predicted octanol–water partition coefficient (Wildman–Crippen LogP) is 2.74. The molecule has 3 aromatic rings. The molecule has 0 aliphatic rings. The van der Waals surface area contributed by atoms with Crippen LogP contribution in [-0.2, 0) is 12.0 Å². The van der Waals surface area contributed by atoms with Crippen LogP contribution in [0.3, 0.4) is 0 Å². The molecule has 0 spiro atoms. The molecule has 0 radical (unpaired) electrons. The van der Waals surface area contributed by atoms with E-state index in [9.17, 15) is 0 Å². The Morgan fingerprint density at radius 3 is 2.54 bits per heavy atom. The number of nitrogens with one attached hydrogen (secondary N) is 1. The molecule has 0 atom stereocenters. The van der Waals surface area contributed by atoms with E-state index >= 15 is 0 Å². The first kappa shape index (κ1) is 16.4. The number of anilines is 1. The summed E-state index contributed by atoms with van der Waals surface area (Å²) in [5.41, 5.74) is 2.94. The van der Waals surface area contributed by atoms with Crippen LogP contribution in [-0.4, -0.2) is 36.1 Å². The largest absolute Gasteiger partial charge is 0.369 e. The van der Waals surface area contributed by atoms with Gasteiger partial charge in [-0.1, -0.05) is 20.8 Å². The second-order valence-electron chi connectivity index (χ2n) is 7.19. The van der Waals surface area contributed by atoms with Crippen LogP contribution < -0.4 is 5.32 Å². The number of aryl methyl sites for hydroxylation is 3. The minimum absolute atomic E-state index is 0.0967. The molecule has 0 aliphatic carbocycles. The third-order valence-electron chi connectivity index (χ3n) is 3.89. The third kappa shape index (κ3) is 3.39. The molecule has 24 heavy (non-hydrogen) atoms. The fraction of sp³-hybridized carbons (Fsp3) is 0.529. The van der Waals surface area contributed by atoms with E-state index in [0.29, 0.717) is 0 Å². The maximum atomic E-state index is 4.63. The Morgan fingerprint density at radius 1 is 1.08 bits per heavy atom. The predicted molar refractivity (Wildman–Crippen MR) is 94.3 cm³/mol. The number of fused-ring (bicyclic) bond motifs is 1. The minimum Gasteiger partial charge on any atom is -0.369 e. The van der Waals surface area contributed by atoms with E-state index in [0.717, 1.165) is 42.5 Å². The first-order valence-corrected chi connectivity index (χ1v) is 8.32. The van der Waals surface area contributed by atoms with Crippen LogP contribution in [0.4, 0.5) is 5.82 Å². The van der Waals surface area contributed by atoms with E-state index in [1.165, 1.54) is 5.69 Å². The Labute approximate surface area is 142 Å². The quantitative estimate of drug-likeness (QED) is 0.730. The molecular weight excluding hydrogens is 302 g/mol. The summed E-state index contributed by atoms with van der Waals surface area (Å²) in [6.07, 6.45) is 0.982. The smallest absolute Gasteiger partial charge is 0.178 e. The molecule has 0 bridgehead atoms. The number of nitrogens with zero attached hydrogens (tertiary/aromatic N) is 6. The Hall–Kier alpha value is -2.44. The van der Waals surface area contributed by atoms with Gasteiger partial charge in [-0.15, -0.1) is 15.3 Å².